The first kappa shape index (κ1) is 14.9. The Bertz CT molecular complexity index is 489. The molecule has 0 radical (unpaired) electrons. The monoisotopic (exact) mass is 268 g/mol. The number of nitrogen functional groups attached to an aromatic ring is 1. The predicted molar refractivity (Wildman–Crippen MR) is 69.0 cm³/mol. The van der Waals surface area contributed by atoms with Gasteiger partial charge in [0.2, 0.25) is 0 Å². The van der Waals surface area contributed by atoms with Gasteiger partial charge in [0.1, 0.15) is 12.4 Å². The summed E-state index contributed by atoms with van der Waals surface area (Å²) in [5.41, 5.74) is 5.83. The number of carbonyl (C=O) groups is 2. The van der Waals surface area contributed by atoms with Crippen molar-refractivity contribution in [3.63, 3.8) is 0 Å². The number of anilines is 1. The van der Waals surface area contributed by atoms with E-state index in [0.29, 0.717) is 0 Å². The number of hydrogen-bond acceptors (Lipinski definition) is 4. The molecule has 0 aromatic heterocycles. The lowest BCUT2D eigenvalue weighted by molar-refractivity contribution is -0.141. The Labute approximate surface area is 111 Å². The zero-order valence-corrected chi connectivity index (χ0v) is 11.1. The number of methoxy groups -OCH3 is 1. The number of amides is 1. The molecule has 0 heterocycles. The van der Waals surface area contributed by atoms with Crippen LogP contribution >= 0.6 is 0 Å². The van der Waals surface area contributed by atoms with Crippen LogP contribution in [0.1, 0.15) is 24.2 Å². The number of esters is 1. The van der Waals surface area contributed by atoms with Gasteiger partial charge >= 0.3 is 5.97 Å². The minimum atomic E-state index is -0.525. The molecular weight excluding hydrogens is 251 g/mol. The van der Waals surface area contributed by atoms with Crippen molar-refractivity contribution in [2.24, 2.45) is 0 Å². The van der Waals surface area contributed by atoms with Gasteiger partial charge in [-0.3, -0.25) is 9.59 Å². The van der Waals surface area contributed by atoms with Crippen LogP contribution in [0.25, 0.3) is 0 Å². The summed E-state index contributed by atoms with van der Waals surface area (Å²) in [4.78, 5) is 24.9. The molecule has 0 atom stereocenters. The Morgan fingerprint density at radius 2 is 2.05 bits per heavy atom. The largest absolute Gasteiger partial charge is 0.468 e. The Morgan fingerprint density at radius 1 is 1.42 bits per heavy atom. The van der Waals surface area contributed by atoms with E-state index in [0.717, 1.165) is 12.1 Å². The van der Waals surface area contributed by atoms with Gasteiger partial charge in [0.05, 0.1) is 12.7 Å². The van der Waals surface area contributed by atoms with Crippen LogP contribution in [0.3, 0.4) is 0 Å². The summed E-state index contributed by atoms with van der Waals surface area (Å²) in [7, 11) is 1.25. The van der Waals surface area contributed by atoms with Crippen LogP contribution in [0.5, 0.6) is 0 Å². The molecule has 104 valence electrons. The second-order valence-electron chi connectivity index (χ2n) is 4.33. The van der Waals surface area contributed by atoms with Crippen molar-refractivity contribution >= 4 is 17.6 Å². The van der Waals surface area contributed by atoms with E-state index in [1.807, 2.05) is 0 Å². The minimum Gasteiger partial charge on any atom is -0.468 e. The van der Waals surface area contributed by atoms with Gasteiger partial charge in [-0.1, -0.05) is 0 Å². The lowest BCUT2D eigenvalue weighted by Crippen LogP contribution is -2.41. The summed E-state index contributed by atoms with van der Waals surface area (Å²) in [5, 5.41) is 0. The van der Waals surface area contributed by atoms with Crippen molar-refractivity contribution in [3.05, 3.63) is 29.6 Å². The van der Waals surface area contributed by atoms with Gasteiger partial charge in [-0.05, 0) is 32.0 Å². The molecule has 5 nitrogen and oxygen atoms in total. The lowest BCUT2D eigenvalue weighted by atomic mass is 10.1. The third kappa shape index (κ3) is 3.67. The van der Waals surface area contributed by atoms with E-state index >= 15 is 0 Å². The van der Waals surface area contributed by atoms with E-state index in [1.54, 1.807) is 13.8 Å². The summed E-state index contributed by atoms with van der Waals surface area (Å²) in [6.45, 7) is 3.35. The van der Waals surface area contributed by atoms with Crippen LogP contribution < -0.4 is 5.73 Å². The van der Waals surface area contributed by atoms with Crippen molar-refractivity contribution < 1.29 is 18.7 Å². The van der Waals surface area contributed by atoms with E-state index in [9.17, 15) is 14.0 Å². The third-order valence-electron chi connectivity index (χ3n) is 2.66. The van der Waals surface area contributed by atoms with E-state index in [1.165, 1.54) is 18.1 Å². The summed E-state index contributed by atoms with van der Waals surface area (Å²) in [6, 6.07) is 3.32. The number of ether oxygens (including phenoxy) is 1. The van der Waals surface area contributed by atoms with Crippen LogP contribution in [0.4, 0.5) is 10.1 Å². The highest BCUT2D eigenvalue weighted by atomic mass is 19.1. The molecule has 2 N–H and O–H groups in total. The molecule has 1 aromatic rings. The maximum absolute atomic E-state index is 13.0. The number of halogens is 1. The number of hydrogen-bond donors (Lipinski definition) is 1. The number of nitrogens with two attached hydrogens (primary N) is 1. The van der Waals surface area contributed by atoms with Gasteiger partial charge in [0, 0.05) is 11.7 Å². The van der Waals surface area contributed by atoms with Gasteiger partial charge in [-0.15, -0.1) is 0 Å². The second-order valence-corrected chi connectivity index (χ2v) is 4.33. The lowest BCUT2D eigenvalue weighted by Gasteiger charge is -2.26. The first-order chi connectivity index (χ1) is 8.86. The fourth-order valence-corrected chi connectivity index (χ4v) is 1.58. The van der Waals surface area contributed by atoms with Crippen LogP contribution in [0, 0.1) is 5.82 Å². The highest BCUT2D eigenvalue weighted by Gasteiger charge is 2.23. The molecular formula is C13H17FN2O3. The zero-order chi connectivity index (χ0) is 14.6. The number of carbonyl (C=O) groups excluding carboxylic acids is 2. The molecule has 0 aliphatic rings. The van der Waals surface area contributed by atoms with E-state index < -0.39 is 17.7 Å². The molecule has 0 fully saturated rings. The zero-order valence-electron chi connectivity index (χ0n) is 11.1. The van der Waals surface area contributed by atoms with Gasteiger partial charge in [-0.25, -0.2) is 4.39 Å². The number of rotatable bonds is 4. The van der Waals surface area contributed by atoms with Gasteiger partial charge < -0.3 is 15.4 Å². The SMILES string of the molecule is COC(=O)CN(C(=O)c1ccc(F)cc1N)C(C)C. The van der Waals surface area contributed by atoms with Crippen LogP contribution in [-0.2, 0) is 9.53 Å². The summed E-state index contributed by atoms with van der Waals surface area (Å²) in [6.07, 6.45) is 0. The number of nitrogens with zero attached hydrogens (tertiary/aromatic N) is 1. The highest BCUT2D eigenvalue weighted by molar-refractivity contribution is 6.00. The average molecular weight is 268 g/mol. The smallest absolute Gasteiger partial charge is 0.325 e. The molecule has 1 amide bonds. The Kier molecular flexibility index (Phi) is 4.86. The van der Waals surface area contributed by atoms with Gasteiger partial charge in [-0.2, -0.15) is 0 Å². The van der Waals surface area contributed by atoms with Crippen LogP contribution in [0.15, 0.2) is 18.2 Å². The standard InChI is InChI=1S/C13H17FN2O3/c1-8(2)16(7-12(17)19-3)13(18)10-5-4-9(14)6-11(10)15/h4-6,8H,7,15H2,1-3H3. The van der Waals surface area contributed by atoms with Gasteiger partial charge in [0.25, 0.3) is 5.91 Å². The highest BCUT2D eigenvalue weighted by Crippen LogP contribution is 2.17. The van der Waals surface area contributed by atoms with Crippen molar-refractivity contribution in [1.29, 1.82) is 0 Å². The first-order valence-corrected chi connectivity index (χ1v) is 5.79. The van der Waals surface area contributed by atoms with Gasteiger partial charge in [0.15, 0.2) is 0 Å². The molecule has 0 saturated carbocycles. The quantitative estimate of drug-likeness (QED) is 0.662. The molecule has 6 heteroatoms. The molecule has 19 heavy (non-hydrogen) atoms. The maximum atomic E-state index is 13.0. The van der Waals surface area contributed by atoms with E-state index in [-0.39, 0.29) is 23.8 Å². The fraction of sp³-hybridized carbons (Fsp3) is 0.385. The molecule has 1 rings (SSSR count). The maximum Gasteiger partial charge on any atom is 0.325 e. The fourth-order valence-electron chi connectivity index (χ4n) is 1.58. The van der Waals surface area contributed by atoms with Crippen molar-refractivity contribution in [3.8, 4) is 0 Å². The Hall–Kier alpha value is -2.11. The summed E-state index contributed by atoms with van der Waals surface area (Å²) in [5.74, 6) is -1.47. The second kappa shape index (κ2) is 6.17. The molecule has 0 saturated heterocycles. The predicted octanol–water partition coefficient (Wildman–Crippen LogP) is 1.43. The Morgan fingerprint density at radius 3 is 2.53 bits per heavy atom. The van der Waals surface area contributed by atoms with Crippen molar-refractivity contribution in [2.45, 2.75) is 19.9 Å². The molecule has 0 spiro atoms. The van der Waals surface area contributed by atoms with E-state index in [2.05, 4.69) is 4.74 Å². The molecule has 0 aliphatic carbocycles. The van der Waals surface area contributed by atoms with Crippen LogP contribution in [0.2, 0.25) is 0 Å². The van der Waals surface area contributed by atoms with E-state index in [4.69, 9.17) is 5.73 Å². The normalized spacial score (nSPS) is 10.4. The molecule has 1 aromatic carbocycles. The van der Waals surface area contributed by atoms with Crippen molar-refractivity contribution in [2.75, 3.05) is 19.4 Å². The molecule has 0 bridgehead atoms. The van der Waals surface area contributed by atoms with Crippen LogP contribution in [-0.4, -0.2) is 36.5 Å². The van der Waals surface area contributed by atoms with Crippen molar-refractivity contribution in [1.82, 2.24) is 4.90 Å². The average Bonchev–Trinajstić information content (AvgIpc) is 2.34. The summed E-state index contributed by atoms with van der Waals surface area (Å²) >= 11 is 0. The first-order valence-electron chi connectivity index (χ1n) is 5.79. The number of benzene rings is 1. The minimum absolute atomic E-state index is 0.0421. The molecule has 0 unspecified atom stereocenters. The third-order valence-corrected chi connectivity index (χ3v) is 2.66. The summed E-state index contributed by atoms with van der Waals surface area (Å²) < 4.78 is 17.5. The Balaban J connectivity index is 3.02. The molecule has 0 aliphatic heterocycles. The topological polar surface area (TPSA) is 72.6 Å².